The molecule has 0 aliphatic carbocycles. The van der Waals surface area contributed by atoms with Crippen LogP contribution in [0.3, 0.4) is 0 Å². The molecule has 14 heteroatoms. The summed E-state index contributed by atoms with van der Waals surface area (Å²) in [6.45, 7) is 0.0910. The van der Waals surface area contributed by atoms with Crippen LogP contribution in [-0.4, -0.2) is 81.2 Å². The number of piperidine rings is 1. The van der Waals surface area contributed by atoms with Gasteiger partial charge in [-0.1, -0.05) is 25.1 Å². The maximum atomic E-state index is 13.2. The molecule has 0 atom stereocenters. The van der Waals surface area contributed by atoms with Gasteiger partial charge in [0.05, 0.1) is 5.69 Å². The van der Waals surface area contributed by atoms with E-state index in [2.05, 4.69) is 25.6 Å². The molecule has 3 aromatic rings. The number of ether oxygens (including phenoxy) is 1. The zero-order valence-corrected chi connectivity index (χ0v) is 21.0. The van der Waals surface area contributed by atoms with Gasteiger partial charge < -0.3 is 30.4 Å². The van der Waals surface area contributed by atoms with Gasteiger partial charge in [-0.2, -0.15) is 13.2 Å². The Kier molecular flexibility index (Phi) is 8.33. The molecule has 2 aromatic heterocycles. The number of carbonyl (C=O) groups is 3. The predicted octanol–water partition coefficient (Wildman–Crippen LogP) is 2.43. The first-order valence-electron chi connectivity index (χ1n) is 12.3. The summed E-state index contributed by atoms with van der Waals surface area (Å²) < 4.78 is 44.2. The molecule has 1 aromatic carbocycles. The van der Waals surface area contributed by atoms with Crippen molar-refractivity contribution in [3.05, 3.63) is 47.3 Å². The highest BCUT2D eigenvalue weighted by Crippen LogP contribution is 2.32. The molecule has 11 nitrogen and oxygen atoms in total. The Morgan fingerprint density at radius 3 is 2.44 bits per heavy atom. The van der Waals surface area contributed by atoms with Gasteiger partial charge in [-0.3, -0.25) is 14.4 Å². The molecule has 0 radical (unpaired) electrons. The summed E-state index contributed by atoms with van der Waals surface area (Å²) in [4.78, 5) is 50.5. The third kappa shape index (κ3) is 6.63. The minimum atomic E-state index is -4.69. The summed E-state index contributed by atoms with van der Waals surface area (Å²) in [6, 6.07) is 7.92. The molecule has 0 unspecified atom stereocenters. The van der Waals surface area contributed by atoms with Crippen LogP contribution in [0.4, 0.5) is 19.0 Å². The molecule has 1 aliphatic heterocycles. The van der Waals surface area contributed by atoms with Gasteiger partial charge in [-0.05, 0) is 31.4 Å². The first-order chi connectivity index (χ1) is 18.6. The normalized spacial score (nSPS) is 14.3. The molecule has 1 saturated heterocycles. The lowest BCUT2D eigenvalue weighted by Crippen LogP contribution is -2.47. The van der Waals surface area contributed by atoms with Gasteiger partial charge in [-0.25, -0.2) is 9.97 Å². The molecule has 1 fully saturated rings. The number of aliphatic hydroxyl groups is 1. The van der Waals surface area contributed by atoms with Crippen molar-refractivity contribution in [2.45, 2.75) is 38.4 Å². The summed E-state index contributed by atoms with van der Waals surface area (Å²) in [6.07, 6.45) is -3.58. The first kappa shape index (κ1) is 27.8. The summed E-state index contributed by atoms with van der Waals surface area (Å²) in [5.74, 6) is -2.05. The van der Waals surface area contributed by atoms with Crippen LogP contribution in [0.25, 0.3) is 11.2 Å². The van der Waals surface area contributed by atoms with E-state index in [1.165, 1.54) is 4.90 Å². The zero-order chi connectivity index (χ0) is 28.2. The van der Waals surface area contributed by atoms with Crippen molar-refractivity contribution < 1.29 is 37.4 Å². The summed E-state index contributed by atoms with van der Waals surface area (Å²) in [5, 5.41) is 14.4. The Hall–Kier alpha value is -4.20. The number of benzene rings is 1. The molecule has 0 saturated carbocycles. The van der Waals surface area contributed by atoms with E-state index in [9.17, 15) is 27.6 Å². The summed E-state index contributed by atoms with van der Waals surface area (Å²) >= 11 is 0. The van der Waals surface area contributed by atoms with Gasteiger partial charge in [0.1, 0.15) is 6.61 Å². The van der Waals surface area contributed by atoms with Gasteiger partial charge in [0.25, 0.3) is 11.8 Å². The van der Waals surface area contributed by atoms with Crippen LogP contribution >= 0.6 is 0 Å². The molecule has 208 valence electrons. The molecule has 4 N–H and O–H groups in total. The van der Waals surface area contributed by atoms with Crippen molar-refractivity contribution in [3.63, 3.8) is 0 Å². The SMILES string of the molecule is CCc1nc2[nH]c(C(=O)NC3CCN(C(=O)CO)CC3)c(OCC(F)(F)F)c2nc1NC(=O)c1ccccc1. The zero-order valence-electron chi connectivity index (χ0n) is 21.0. The summed E-state index contributed by atoms with van der Waals surface area (Å²) in [5.41, 5.74) is 0.277. The van der Waals surface area contributed by atoms with Crippen LogP contribution in [0.2, 0.25) is 0 Å². The largest absolute Gasteiger partial charge is 0.479 e. The van der Waals surface area contributed by atoms with Gasteiger partial charge >= 0.3 is 6.18 Å². The predicted molar refractivity (Wildman–Crippen MR) is 133 cm³/mol. The molecule has 1 aliphatic rings. The number of rotatable bonds is 8. The maximum absolute atomic E-state index is 13.2. The molecular weight excluding hydrogens is 521 g/mol. The Bertz CT molecular complexity index is 1350. The highest BCUT2D eigenvalue weighted by molar-refractivity contribution is 6.05. The lowest BCUT2D eigenvalue weighted by Gasteiger charge is -2.32. The van der Waals surface area contributed by atoms with E-state index >= 15 is 0 Å². The minimum Gasteiger partial charge on any atom is -0.479 e. The Morgan fingerprint density at radius 1 is 1.13 bits per heavy atom. The average molecular weight is 549 g/mol. The van der Waals surface area contributed by atoms with Crippen molar-refractivity contribution in [3.8, 4) is 5.75 Å². The van der Waals surface area contributed by atoms with Crippen LogP contribution in [0.15, 0.2) is 30.3 Å². The number of amides is 3. The van der Waals surface area contributed by atoms with Crippen LogP contribution < -0.4 is 15.4 Å². The number of hydrogen-bond donors (Lipinski definition) is 4. The molecule has 4 rings (SSSR count). The number of hydrogen-bond acceptors (Lipinski definition) is 7. The standard InChI is InChI=1S/C25H27F3N6O5/c1-2-16-21(33-23(37)14-6-4-3-5-7-14)31-18-20(39-13-25(26,27)28)19(32-22(18)30-16)24(38)29-15-8-10-34(11-9-15)17(36)12-35/h3-7,15,35H,2,8-13H2,1H3,(H,29,38)(H,30,32)(H,31,33,37). The number of nitrogens with zero attached hydrogens (tertiary/aromatic N) is 3. The van der Waals surface area contributed by atoms with Gasteiger partial charge in [-0.15, -0.1) is 0 Å². The van der Waals surface area contributed by atoms with E-state index in [1.807, 2.05) is 0 Å². The van der Waals surface area contributed by atoms with E-state index in [1.54, 1.807) is 37.3 Å². The fourth-order valence-corrected chi connectivity index (χ4v) is 4.21. The van der Waals surface area contributed by atoms with Crippen molar-refractivity contribution in [1.29, 1.82) is 0 Å². The number of aryl methyl sites for hydroxylation is 1. The van der Waals surface area contributed by atoms with Gasteiger partial charge in [0.2, 0.25) is 5.91 Å². The van der Waals surface area contributed by atoms with Crippen LogP contribution in [0, 0.1) is 0 Å². The minimum absolute atomic E-state index is 0.0234. The molecule has 3 heterocycles. The van der Waals surface area contributed by atoms with Gasteiger partial charge in [0.15, 0.2) is 35.0 Å². The Labute approximate surface area is 220 Å². The number of carbonyl (C=O) groups excluding carboxylic acids is 3. The summed E-state index contributed by atoms with van der Waals surface area (Å²) in [7, 11) is 0. The van der Waals surface area contributed by atoms with Crippen LogP contribution in [0.1, 0.15) is 46.3 Å². The number of aromatic amines is 1. The highest BCUT2D eigenvalue weighted by Gasteiger charge is 2.32. The fraction of sp³-hybridized carbons (Fsp3) is 0.400. The third-order valence-electron chi connectivity index (χ3n) is 6.18. The van der Waals surface area contributed by atoms with Crippen molar-refractivity contribution in [2.24, 2.45) is 0 Å². The quantitative estimate of drug-likeness (QED) is 0.338. The van der Waals surface area contributed by atoms with E-state index < -0.39 is 42.9 Å². The number of aromatic nitrogens is 3. The second-order valence-electron chi connectivity index (χ2n) is 8.91. The number of alkyl halides is 3. The maximum Gasteiger partial charge on any atom is 0.422 e. The smallest absolute Gasteiger partial charge is 0.422 e. The fourth-order valence-electron chi connectivity index (χ4n) is 4.21. The number of anilines is 1. The Balaban J connectivity index is 1.64. The second kappa shape index (κ2) is 11.7. The molecule has 3 amide bonds. The van der Waals surface area contributed by atoms with Crippen LogP contribution in [-0.2, 0) is 11.2 Å². The van der Waals surface area contributed by atoms with Crippen molar-refractivity contribution in [2.75, 3.05) is 31.6 Å². The van der Waals surface area contributed by atoms with E-state index in [0.717, 1.165) is 0 Å². The first-order valence-corrected chi connectivity index (χ1v) is 12.3. The highest BCUT2D eigenvalue weighted by atomic mass is 19.4. The van der Waals surface area contributed by atoms with Crippen molar-refractivity contribution >= 4 is 34.7 Å². The van der Waals surface area contributed by atoms with E-state index in [0.29, 0.717) is 43.6 Å². The lowest BCUT2D eigenvalue weighted by atomic mass is 10.0. The third-order valence-corrected chi connectivity index (χ3v) is 6.18. The number of likely N-dealkylation sites (tertiary alicyclic amines) is 1. The monoisotopic (exact) mass is 548 g/mol. The number of halogens is 3. The molecular formula is C25H27F3N6O5. The lowest BCUT2D eigenvalue weighted by molar-refractivity contribution is -0.153. The number of H-pyrrole nitrogens is 1. The number of nitrogens with one attached hydrogen (secondary N) is 3. The molecule has 39 heavy (non-hydrogen) atoms. The molecule has 0 spiro atoms. The van der Waals surface area contributed by atoms with E-state index in [-0.39, 0.29) is 28.7 Å². The Morgan fingerprint density at radius 2 is 1.82 bits per heavy atom. The number of aliphatic hydroxyl groups excluding tert-OH is 1. The molecule has 0 bridgehead atoms. The van der Waals surface area contributed by atoms with Crippen molar-refractivity contribution in [1.82, 2.24) is 25.2 Å². The second-order valence-corrected chi connectivity index (χ2v) is 8.91. The van der Waals surface area contributed by atoms with Crippen LogP contribution in [0.5, 0.6) is 5.75 Å². The van der Waals surface area contributed by atoms with Gasteiger partial charge in [0, 0.05) is 24.7 Å². The average Bonchev–Trinajstić information content (AvgIpc) is 3.29. The van der Waals surface area contributed by atoms with E-state index in [4.69, 9.17) is 9.84 Å². The number of fused-ring (bicyclic) bond motifs is 1. The topological polar surface area (TPSA) is 150 Å².